The minimum Gasteiger partial charge on any atom is -0.361 e. The summed E-state index contributed by atoms with van der Waals surface area (Å²) < 4.78 is 6.85. The first-order valence-electron chi connectivity index (χ1n) is 6.68. The van der Waals surface area contributed by atoms with Crippen LogP contribution in [-0.4, -0.2) is 27.4 Å². The lowest BCUT2D eigenvalue weighted by Gasteiger charge is -2.13. The maximum atomic E-state index is 11.8. The molecule has 1 atom stereocenters. The molecule has 1 N–H and O–H groups in total. The van der Waals surface area contributed by atoms with Gasteiger partial charge in [0.15, 0.2) is 5.69 Å². The highest BCUT2D eigenvalue weighted by molar-refractivity contribution is 5.92. The molecular formula is C14H20N4O2. The molecule has 20 heavy (non-hydrogen) atoms. The number of aromatic nitrogens is 3. The second-order valence-corrected chi connectivity index (χ2v) is 5.25. The van der Waals surface area contributed by atoms with Crippen molar-refractivity contribution in [2.45, 2.75) is 34.2 Å². The largest absolute Gasteiger partial charge is 0.361 e. The second-order valence-electron chi connectivity index (χ2n) is 5.25. The van der Waals surface area contributed by atoms with E-state index >= 15 is 0 Å². The van der Waals surface area contributed by atoms with Crippen molar-refractivity contribution in [3.05, 3.63) is 35.0 Å². The lowest BCUT2D eigenvalue weighted by molar-refractivity contribution is 0.0937. The molecule has 2 aromatic rings. The number of nitrogens with one attached hydrogen (secondary N) is 1. The Bertz CT molecular complexity index is 600. The van der Waals surface area contributed by atoms with E-state index in [1.54, 1.807) is 13.0 Å². The van der Waals surface area contributed by atoms with Crippen LogP contribution in [-0.2, 0) is 6.54 Å². The maximum Gasteiger partial charge on any atom is 0.273 e. The normalized spacial score (nSPS) is 12.4. The number of carbonyl (C=O) groups is 1. The van der Waals surface area contributed by atoms with Crippen molar-refractivity contribution >= 4 is 5.91 Å². The van der Waals surface area contributed by atoms with E-state index < -0.39 is 0 Å². The first-order valence-corrected chi connectivity index (χ1v) is 6.68. The second kappa shape index (κ2) is 5.90. The van der Waals surface area contributed by atoms with Gasteiger partial charge in [0.1, 0.15) is 5.76 Å². The summed E-state index contributed by atoms with van der Waals surface area (Å²) in [6.07, 6.45) is 0. The van der Waals surface area contributed by atoms with E-state index in [-0.39, 0.29) is 11.8 Å². The lowest BCUT2D eigenvalue weighted by atomic mass is 10.2. The van der Waals surface area contributed by atoms with Crippen LogP contribution in [0.4, 0.5) is 0 Å². The minimum absolute atomic E-state index is 0.206. The van der Waals surface area contributed by atoms with Crippen LogP contribution in [0.15, 0.2) is 16.7 Å². The van der Waals surface area contributed by atoms with Gasteiger partial charge in [0, 0.05) is 24.8 Å². The van der Waals surface area contributed by atoms with Crippen LogP contribution >= 0.6 is 0 Å². The zero-order valence-electron chi connectivity index (χ0n) is 12.3. The van der Waals surface area contributed by atoms with Gasteiger partial charge in [-0.25, -0.2) is 0 Å². The van der Waals surface area contributed by atoms with Crippen LogP contribution in [0.1, 0.15) is 34.6 Å². The highest BCUT2D eigenvalue weighted by atomic mass is 16.5. The van der Waals surface area contributed by atoms with Crippen molar-refractivity contribution in [3.63, 3.8) is 0 Å². The molecule has 0 saturated heterocycles. The van der Waals surface area contributed by atoms with Gasteiger partial charge < -0.3 is 9.84 Å². The fraction of sp³-hybridized carbons (Fsp3) is 0.500. The van der Waals surface area contributed by atoms with Gasteiger partial charge in [0.2, 0.25) is 0 Å². The van der Waals surface area contributed by atoms with Gasteiger partial charge in [-0.2, -0.15) is 5.10 Å². The van der Waals surface area contributed by atoms with Gasteiger partial charge in [-0.15, -0.1) is 0 Å². The van der Waals surface area contributed by atoms with E-state index in [1.807, 2.05) is 24.6 Å². The summed E-state index contributed by atoms with van der Waals surface area (Å²) in [7, 11) is 0. The minimum atomic E-state index is -0.206. The summed E-state index contributed by atoms with van der Waals surface area (Å²) in [5, 5.41) is 11.0. The molecule has 0 bridgehead atoms. The molecular weight excluding hydrogens is 256 g/mol. The van der Waals surface area contributed by atoms with E-state index in [0.29, 0.717) is 18.0 Å². The van der Waals surface area contributed by atoms with E-state index in [4.69, 9.17) is 4.52 Å². The highest BCUT2D eigenvalue weighted by Crippen LogP contribution is 2.06. The number of nitrogens with zero attached hydrogens (tertiary/aromatic N) is 3. The summed E-state index contributed by atoms with van der Waals surface area (Å²) >= 11 is 0. The Labute approximate surface area is 118 Å². The van der Waals surface area contributed by atoms with Gasteiger partial charge >= 0.3 is 0 Å². The van der Waals surface area contributed by atoms with Crippen LogP contribution in [0.25, 0.3) is 0 Å². The van der Waals surface area contributed by atoms with Crippen molar-refractivity contribution in [1.29, 1.82) is 0 Å². The van der Waals surface area contributed by atoms with Crippen LogP contribution in [0.5, 0.6) is 0 Å². The van der Waals surface area contributed by atoms with E-state index in [9.17, 15) is 4.79 Å². The Kier molecular flexibility index (Phi) is 4.22. The molecule has 0 aromatic carbocycles. The number of rotatable bonds is 5. The Balaban J connectivity index is 1.84. The van der Waals surface area contributed by atoms with Crippen molar-refractivity contribution in [1.82, 2.24) is 20.3 Å². The van der Waals surface area contributed by atoms with Crippen LogP contribution in [0.3, 0.4) is 0 Å². The zero-order chi connectivity index (χ0) is 14.7. The van der Waals surface area contributed by atoms with Gasteiger partial charge in [0.25, 0.3) is 5.91 Å². The Hall–Kier alpha value is -2.11. The lowest BCUT2D eigenvalue weighted by Crippen LogP contribution is -2.30. The summed E-state index contributed by atoms with van der Waals surface area (Å²) in [6, 6.07) is 3.67. The van der Waals surface area contributed by atoms with E-state index in [0.717, 1.165) is 17.9 Å². The molecule has 0 spiro atoms. The van der Waals surface area contributed by atoms with Crippen molar-refractivity contribution in [3.8, 4) is 0 Å². The first kappa shape index (κ1) is 14.3. The van der Waals surface area contributed by atoms with Crippen molar-refractivity contribution in [2.24, 2.45) is 5.92 Å². The quantitative estimate of drug-likeness (QED) is 0.904. The van der Waals surface area contributed by atoms with Crippen LogP contribution in [0, 0.1) is 26.7 Å². The average molecular weight is 276 g/mol. The molecule has 0 saturated carbocycles. The van der Waals surface area contributed by atoms with E-state index in [2.05, 4.69) is 22.5 Å². The maximum absolute atomic E-state index is 11.8. The highest BCUT2D eigenvalue weighted by Gasteiger charge is 2.13. The number of aryl methyl sites for hydroxylation is 3. The fourth-order valence-electron chi connectivity index (χ4n) is 2.05. The summed E-state index contributed by atoms with van der Waals surface area (Å²) in [6.45, 7) is 9.19. The Morgan fingerprint density at radius 3 is 2.70 bits per heavy atom. The molecule has 0 unspecified atom stereocenters. The molecule has 0 aliphatic rings. The summed E-state index contributed by atoms with van der Waals surface area (Å²) in [5.41, 5.74) is 2.46. The average Bonchev–Trinajstić information content (AvgIpc) is 2.93. The molecule has 1 amide bonds. The van der Waals surface area contributed by atoms with Crippen LogP contribution < -0.4 is 5.32 Å². The molecule has 0 fully saturated rings. The van der Waals surface area contributed by atoms with Crippen LogP contribution in [0.2, 0.25) is 0 Å². The molecule has 6 nitrogen and oxygen atoms in total. The smallest absolute Gasteiger partial charge is 0.273 e. The third kappa shape index (κ3) is 3.46. The predicted molar refractivity (Wildman–Crippen MR) is 74.4 cm³/mol. The Morgan fingerprint density at radius 1 is 1.40 bits per heavy atom. The zero-order valence-corrected chi connectivity index (χ0v) is 12.3. The molecule has 2 heterocycles. The third-order valence-corrected chi connectivity index (χ3v) is 3.06. The topological polar surface area (TPSA) is 73.0 Å². The standard InChI is InChI=1S/C14H20N4O2/c1-9(8-18-11(3)5-10(2)16-18)7-15-14(19)13-6-12(4)20-17-13/h5-6,9H,7-8H2,1-4H3,(H,15,19)/t9-/m1/s1. The van der Waals surface area contributed by atoms with E-state index in [1.165, 1.54) is 0 Å². The molecule has 2 aromatic heterocycles. The summed E-state index contributed by atoms with van der Waals surface area (Å²) in [5.74, 6) is 0.706. The number of amides is 1. The molecule has 0 aliphatic carbocycles. The molecule has 0 radical (unpaired) electrons. The number of carbonyl (C=O) groups excluding carboxylic acids is 1. The summed E-state index contributed by atoms with van der Waals surface area (Å²) in [4.78, 5) is 11.8. The Morgan fingerprint density at radius 2 is 2.15 bits per heavy atom. The fourth-order valence-corrected chi connectivity index (χ4v) is 2.05. The molecule has 2 rings (SSSR count). The molecule has 108 valence electrons. The SMILES string of the molecule is Cc1cc(C)n(C[C@H](C)CNC(=O)c2cc(C)on2)n1. The molecule has 6 heteroatoms. The van der Waals surface area contributed by atoms with Gasteiger partial charge in [-0.1, -0.05) is 12.1 Å². The van der Waals surface area contributed by atoms with Gasteiger partial charge in [-0.05, 0) is 32.8 Å². The number of hydrogen-bond acceptors (Lipinski definition) is 4. The van der Waals surface area contributed by atoms with Gasteiger partial charge in [-0.3, -0.25) is 9.48 Å². The first-order chi connectivity index (χ1) is 9.45. The third-order valence-electron chi connectivity index (χ3n) is 3.06. The predicted octanol–water partition coefficient (Wildman–Crippen LogP) is 1.86. The number of hydrogen-bond donors (Lipinski definition) is 1. The molecule has 0 aliphatic heterocycles. The van der Waals surface area contributed by atoms with Crippen molar-refractivity contribution in [2.75, 3.05) is 6.54 Å². The van der Waals surface area contributed by atoms with Crippen molar-refractivity contribution < 1.29 is 9.32 Å². The van der Waals surface area contributed by atoms with Gasteiger partial charge in [0.05, 0.1) is 5.69 Å². The monoisotopic (exact) mass is 276 g/mol.